The number of allylic oxidation sites excluding steroid dienone is 8. The van der Waals surface area contributed by atoms with Crippen LogP contribution < -0.4 is 5.32 Å². The lowest BCUT2D eigenvalue weighted by atomic mass is 10.0. The van der Waals surface area contributed by atoms with E-state index in [9.17, 15) is 19.8 Å². The maximum Gasteiger partial charge on any atom is 0.306 e. The first-order valence-electron chi connectivity index (χ1n) is 28.9. The van der Waals surface area contributed by atoms with E-state index < -0.39 is 18.2 Å². The maximum atomic E-state index is 13.3. The van der Waals surface area contributed by atoms with Crippen LogP contribution in [0.4, 0.5) is 0 Å². The van der Waals surface area contributed by atoms with Gasteiger partial charge in [-0.1, -0.05) is 249 Å². The topological polar surface area (TPSA) is 95.9 Å². The third-order valence-corrected chi connectivity index (χ3v) is 13.1. The molecule has 66 heavy (non-hydrogen) atoms. The molecule has 386 valence electrons. The Bertz CT molecular complexity index is 1130. The van der Waals surface area contributed by atoms with Gasteiger partial charge in [0.1, 0.15) is 6.10 Å². The van der Waals surface area contributed by atoms with E-state index in [1.54, 1.807) is 0 Å². The van der Waals surface area contributed by atoms with Crippen molar-refractivity contribution in [3.63, 3.8) is 0 Å². The van der Waals surface area contributed by atoms with E-state index >= 15 is 0 Å². The van der Waals surface area contributed by atoms with Crippen LogP contribution in [0.5, 0.6) is 0 Å². The number of amides is 1. The van der Waals surface area contributed by atoms with Crippen molar-refractivity contribution in [2.45, 2.75) is 315 Å². The van der Waals surface area contributed by atoms with Gasteiger partial charge in [0.15, 0.2) is 0 Å². The molecular weight excluding hydrogens is 815 g/mol. The van der Waals surface area contributed by atoms with Crippen LogP contribution in [0.3, 0.4) is 0 Å². The molecule has 0 aliphatic heterocycles. The Labute approximate surface area is 410 Å². The summed E-state index contributed by atoms with van der Waals surface area (Å²) in [4.78, 5) is 26.3. The van der Waals surface area contributed by atoms with Gasteiger partial charge in [-0.3, -0.25) is 9.59 Å². The summed E-state index contributed by atoms with van der Waals surface area (Å²) in [5, 5.41) is 23.9. The van der Waals surface area contributed by atoms with Gasteiger partial charge in [-0.25, -0.2) is 0 Å². The minimum Gasteiger partial charge on any atom is -0.462 e. The lowest BCUT2D eigenvalue weighted by Crippen LogP contribution is -2.46. The molecular formula is C60H111NO5. The summed E-state index contributed by atoms with van der Waals surface area (Å²) in [6, 6.07) is -0.706. The number of ether oxygens (including phenoxy) is 1. The quantitative estimate of drug-likeness (QED) is 0.0321. The molecule has 0 radical (unpaired) electrons. The van der Waals surface area contributed by atoms with Crippen LogP contribution in [-0.2, 0) is 14.3 Å². The minimum absolute atomic E-state index is 0.0707. The van der Waals surface area contributed by atoms with E-state index in [0.717, 1.165) is 83.5 Å². The van der Waals surface area contributed by atoms with Gasteiger partial charge in [-0.05, 0) is 83.5 Å². The van der Waals surface area contributed by atoms with Crippen LogP contribution in [0, 0.1) is 0 Å². The highest BCUT2D eigenvalue weighted by Crippen LogP contribution is 2.18. The molecule has 6 heteroatoms. The Morgan fingerprint density at radius 2 is 0.818 bits per heavy atom. The third-order valence-electron chi connectivity index (χ3n) is 13.1. The SMILES string of the molecule is CC/C=C/C/C=C/C/C=C/CCCCCCCCC(=O)OC(CCCCCCCCC/C=C/CCCCCCCC)CC(=O)NC(CO)C(O)CCCCCCCCCCCCCCCC. The van der Waals surface area contributed by atoms with Crippen molar-refractivity contribution in [3.05, 3.63) is 48.6 Å². The first-order chi connectivity index (χ1) is 32.5. The van der Waals surface area contributed by atoms with Crippen LogP contribution in [0.15, 0.2) is 48.6 Å². The first kappa shape index (κ1) is 63.8. The molecule has 0 fully saturated rings. The zero-order valence-electron chi connectivity index (χ0n) is 44.1. The van der Waals surface area contributed by atoms with Crippen LogP contribution in [-0.4, -0.2) is 46.9 Å². The molecule has 0 aliphatic carbocycles. The number of rotatable bonds is 52. The number of aliphatic hydroxyl groups is 2. The highest BCUT2D eigenvalue weighted by Gasteiger charge is 2.24. The summed E-state index contributed by atoms with van der Waals surface area (Å²) in [6.45, 7) is 6.39. The van der Waals surface area contributed by atoms with Gasteiger partial charge in [0.2, 0.25) is 5.91 Å². The van der Waals surface area contributed by atoms with Gasteiger partial charge < -0.3 is 20.3 Å². The van der Waals surface area contributed by atoms with Gasteiger partial charge in [-0.2, -0.15) is 0 Å². The van der Waals surface area contributed by atoms with Gasteiger partial charge in [0.25, 0.3) is 0 Å². The number of nitrogens with one attached hydrogen (secondary N) is 1. The summed E-state index contributed by atoms with van der Waals surface area (Å²) >= 11 is 0. The standard InChI is InChI=1S/C60H111NO5/c1-4-7-10-13-16-19-22-25-28-30-31-33-36-39-42-45-48-51-56(66-60(65)53-50-47-44-41-38-35-32-29-26-23-20-17-14-11-8-5-2)54-59(64)61-57(55-62)58(63)52-49-46-43-40-37-34-27-24-21-18-15-12-9-6-3/h8,11,17,20,25-26,28-29,56-58,62-63H,4-7,9-10,12-16,18-19,21-24,27,30-55H2,1-3H3,(H,61,64)/b11-8+,20-17+,28-25+,29-26+. The predicted molar refractivity (Wildman–Crippen MR) is 287 cm³/mol. The number of hydrogen-bond donors (Lipinski definition) is 3. The summed E-state index contributed by atoms with van der Waals surface area (Å²) in [5.74, 6) is -0.482. The number of hydrogen-bond acceptors (Lipinski definition) is 5. The van der Waals surface area contributed by atoms with E-state index in [4.69, 9.17) is 4.74 Å². The van der Waals surface area contributed by atoms with Gasteiger partial charge in [0.05, 0.1) is 25.2 Å². The van der Waals surface area contributed by atoms with Crippen molar-refractivity contribution in [3.8, 4) is 0 Å². The highest BCUT2D eigenvalue weighted by molar-refractivity contribution is 5.77. The molecule has 0 rings (SSSR count). The van der Waals surface area contributed by atoms with Crippen LogP contribution >= 0.6 is 0 Å². The normalized spacial score (nSPS) is 13.5. The summed E-state index contributed by atoms with van der Waals surface area (Å²) in [6.07, 6.45) is 66.0. The average molecular weight is 927 g/mol. The second kappa shape index (κ2) is 53.8. The fraction of sp³-hybridized carbons (Fsp3) is 0.833. The van der Waals surface area contributed by atoms with Crippen LogP contribution in [0.2, 0.25) is 0 Å². The largest absolute Gasteiger partial charge is 0.462 e. The fourth-order valence-corrected chi connectivity index (χ4v) is 8.79. The Balaban J connectivity index is 4.58. The van der Waals surface area contributed by atoms with Gasteiger partial charge in [0, 0.05) is 6.42 Å². The smallest absolute Gasteiger partial charge is 0.306 e. The lowest BCUT2D eigenvalue weighted by Gasteiger charge is -2.24. The Morgan fingerprint density at radius 3 is 1.26 bits per heavy atom. The number of carbonyl (C=O) groups excluding carboxylic acids is 2. The van der Waals surface area contributed by atoms with E-state index in [1.807, 2.05) is 0 Å². The van der Waals surface area contributed by atoms with Crippen molar-refractivity contribution in [2.75, 3.05) is 6.61 Å². The van der Waals surface area contributed by atoms with Crippen molar-refractivity contribution >= 4 is 11.9 Å². The summed E-state index contributed by atoms with van der Waals surface area (Å²) in [5.41, 5.74) is 0. The summed E-state index contributed by atoms with van der Waals surface area (Å²) in [7, 11) is 0. The van der Waals surface area contributed by atoms with Crippen LogP contribution in [0.1, 0.15) is 297 Å². The molecule has 0 bridgehead atoms. The third kappa shape index (κ3) is 48.3. The zero-order chi connectivity index (χ0) is 48.1. The molecule has 3 unspecified atom stereocenters. The highest BCUT2D eigenvalue weighted by atomic mass is 16.5. The Kier molecular flexibility index (Phi) is 52.0. The van der Waals surface area contributed by atoms with Crippen molar-refractivity contribution in [1.82, 2.24) is 5.32 Å². The molecule has 3 atom stereocenters. The van der Waals surface area contributed by atoms with E-state index in [2.05, 4.69) is 74.7 Å². The van der Waals surface area contributed by atoms with Crippen LogP contribution in [0.25, 0.3) is 0 Å². The monoisotopic (exact) mass is 926 g/mol. The fourth-order valence-electron chi connectivity index (χ4n) is 8.79. The molecule has 0 aromatic carbocycles. The first-order valence-corrected chi connectivity index (χ1v) is 28.9. The molecule has 0 saturated carbocycles. The second-order valence-corrected chi connectivity index (χ2v) is 19.7. The zero-order valence-corrected chi connectivity index (χ0v) is 44.1. The van der Waals surface area contributed by atoms with E-state index in [0.29, 0.717) is 19.3 Å². The minimum atomic E-state index is -0.791. The molecule has 0 heterocycles. The van der Waals surface area contributed by atoms with E-state index in [1.165, 1.54) is 167 Å². The van der Waals surface area contributed by atoms with Crippen molar-refractivity contribution < 1.29 is 24.5 Å². The molecule has 0 aromatic rings. The maximum absolute atomic E-state index is 13.3. The molecule has 0 spiro atoms. The Hall–Kier alpha value is -2.18. The molecule has 6 nitrogen and oxygen atoms in total. The van der Waals surface area contributed by atoms with Crippen molar-refractivity contribution in [2.24, 2.45) is 0 Å². The second-order valence-electron chi connectivity index (χ2n) is 19.7. The Morgan fingerprint density at radius 1 is 0.455 bits per heavy atom. The molecule has 1 amide bonds. The van der Waals surface area contributed by atoms with Crippen molar-refractivity contribution in [1.29, 1.82) is 0 Å². The number of aliphatic hydroxyl groups excluding tert-OH is 2. The number of carbonyl (C=O) groups is 2. The van der Waals surface area contributed by atoms with Gasteiger partial charge >= 0.3 is 5.97 Å². The molecule has 0 aromatic heterocycles. The average Bonchev–Trinajstić information content (AvgIpc) is 3.31. The predicted octanol–water partition coefficient (Wildman–Crippen LogP) is 17.8. The lowest BCUT2D eigenvalue weighted by molar-refractivity contribution is -0.151. The number of esters is 1. The molecule has 0 aliphatic rings. The van der Waals surface area contributed by atoms with E-state index in [-0.39, 0.29) is 24.9 Å². The van der Waals surface area contributed by atoms with Gasteiger partial charge in [-0.15, -0.1) is 0 Å². The molecule has 3 N–H and O–H groups in total. The molecule has 0 saturated heterocycles. The number of unbranched alkanes of at least 4 members (excludes halogenated alkanes) is 32. The summed E-state index contributed by atoms with van der Waals surface area (Å²) < 4.78 is 5.96.